The van der Waals surface area contributed by atoms with Gasteiger partial charge in [-0.25, -0.2) is 9.80 Å². The van der Waals surface area contributed by atoms with E-state index in [4.69, 9.17) is 5.11 Å². The van der Waals surface area contributed by atoms with Crippen molar-refractivity contribution in [2.75, 3.05) is 14.1 Å². The fraction of sp³-hybridized carbons (Fsp3) is 0.333. The second-order valence-electron chi connectivity index (χ2n) is 3.26. The minimum atomic E-state index is -1.04. The van der Waals surface area contributed by atoms with Crippen molar-refractivity contribution in [2.45, 2.75) is 6.54 Å². The molecular weight excluding hydrogens is 198 g/mol. The molecule has 1 aromatic heterocycles. The molecule has 0 saturated carbocycles. The van der Waals surface area contributed by atoms with Crippen LogP contribution in [-0.2, 0) is 11.3 Å². The number of rotatable bonds is 4. The summed E-state index contributed by atoms with van der Waals surface area (Å²) in [5.41, 5.74) is 2.63. The third-order valence-electron chi connectivity index (χ3n) is 1.71. The fourth-order valence-corrected chi connectivity index (χ4v) is 1.19. The summed E-state index contributed by atoms with van der Waals surface area (Å²) in [6.07, 6.45) is 1.55. The van der Waals surface area contributed by atoms with Crippen LogP contribution < -0.4 is 5.43 Å². The van der Waals surface area contributed by atoms with Gasteiger partial charge in [-0.05, 0) is 12.1 Å². The topological polar surface area (TPSA) is 74.6 Å². The quantitative estimate of drug-likeness (QED) is 0.675. The Morgan fingerprint density at radius 1 is 1.53 bits per heavy atom. The van der Waals surface area contributed by atoms with Gasteiger partial charge in [0.25, 0.3) is 5.91 Å². The number of hydrazine groups is 1. The molecule has 0 aliphatic rings. The smallest absolute Gasteiger partial charge is 0.352 e. The Hall–Kier alpha value is -1.82. The molecule has 0 spiro atoms. The Kier molecular flexibility index (Phi) is 3.46. The maximum Gasteiger partial charge on any atom is 0.352 e. The molecule has 0 aliphatic carbocycles. The summed E-state index contributed by atoms with van der Waals surface area (Å²) in [7, 11) is 3.37. The SMILES string of the molecule is CN(C)NC(=O)Cn1cccc1C(=O)O. The van der Waals surface area contributed by atoms with E-state index in [1.54, 1.807) is 26.4 Å². The number of hydrogen-bond donors (Lipinski definition) is 2. The van der Waals surface area contributed by atoms with E-state index >= 15 is 0 Å². The van der Waals surface area contributed by atoms with Crippen LogP contribution in [-0.4, -0.2) is 40.7 Å². The van der Waals surface area contributed by atoms with Gasteiger partial charge in [-0.3, -0.25) is 10.2 Å². The highest BCUT2D eigenvalue weighted by molar-refractivity contribution is 5.86. The number of hydrogen-bond acceptors (Lipinski definition) is 3. The lowest BCUT2D eigenvalue weighted by atomic mass is 10.4. The highest BCUT2D eigenvalue weighted by Gasteiger charge is 2.11. The van der Waals surface area contributed by atoms with Crippen LogP contribution in [0.4, 0.5) is 0 Å². The Balaban J connectivity index is 2.68. The fourth-order valence-electron chi connectivity index (χ4n) is 1.19. The Bertz CT molecular complexity index is 370. The third kappa shape index (κ3) is 3.10. The van der Waals surface area contributed by atoms with Crippen molar-refractivity contribution >= 4 is 11.9 Å². The minimum absolute atomic E-state index is 0.00713. The number of aromatic nitrogens is 1. The number of carboxylic acids is 1. The summed E-state index contributed by atoms with van der Waals surface area (Å²) >= 11 is 0. The van der Waals surface area contributed by atoms with Gasteiger partial charge >= 0.3 is 5.97 Å². The highest BCUT2D eigenvalue weighted by atomic mass is 16.4. The average Bonchev–Trinajstić information content (AvgIpc) is 2.50. The minimum Gasteiger partial charge on any atom is -0.477 e. The molecule has 0 saturated heterocycles. The highest BCUT2D eigenvalue weighted by Crippen LogP contribution is 2.01. The van der Waals surface area contributed by atoms with Crippen LogP contribution in [0.2, 0.25) is 0 Å². The molecule has 0 aliphatic heterocycles. The largest absolute Gasteiger partial charge is 0.477 e. The first-order valence-corrected chi connectivity index (χ1v) is 4.36. The van der Waals surface area contributed by atoms with Crippen molar-refractivity contribution < 1.29 is 14.7 Å². The molecule has 0 fully saturated rings. The molecule has 0 bridgehead atoms. The van der Waals surface area contributed by atoms with Crippen molar-refractivity contribution in [1.29, 1.82) is 0 Å². The molecule has 1 amide bonds. The van der Waals surface area contributed by atoms with Gasteiger partial charge in [-0.2, -0.15) is 0 Å². The van der Waals surface area contributed by atoms with Crippen LogP contribution in [0, 0.1) is 0 Å². The zero-order chi connectivity index (χ0) is 11.4. The van der Waals surface area contributed by atoms with Gasteiger partial charge in [0.1, 0.15) is 12.2 Å². The number of carboxylic acid groups (broad SMARTS) is 1. The molecule has 0 aromatic carbocycles. The molecule has 0 unspecified atom stereocenters. The van der Waals surface area contributed by atoms with Crippen LogP contribution >= 0.6 is 0 Å². The van der Waals surface area contributed by atoms with Crippen LogP contribution in [0.25, 0.3) is 0 Å². The predicted octanol–water partition coefficient (Wildman–Crippen LogP) is -0.221. The van der Waals surface area contributed by atoms with E-state index in [1.165, 1.54) is 15.6 Å². The molecule has 82 valence electrons. The summed E-state index contributed by atoms with van der Waals surface area (Å²) in [5, 5.41) is 10.3. The number of carbonyl (C=O) groups is 2. The second-order valence-corrected chi connectivity index (χ2v) is 3.26. The molecule has 2 N–H and O–H groups in total. The zero-order valence-electron chi connectivity index (χ0n) is 8.60. The van der Waals surface area contributed by atoms with Crippen LogP contribution in [0.5, 0.6) is 0 Å². The normalized spacial score (nSPS) is 10.3. The monoisotopic (exact) mass is 211 g/mol. The van der Waals surface area contributed by atoms with Gasteiger partial charge in [0, 0.05) is 20.3 Å². The molecule has 1 rings (SSSR count). The van der Waals surface area contributed by atoms with E-state index in [2.05, 4.69) is 5.43 Å². The molecule has 6 heteroatoms. The summed E-state index contributed by atoms with van der Waals surface area (Å²) in [6, 6.07) is 3.04. The first-order chi connectivity index (χ1) is 7.00. The van der Waals surface area contributed by atoms with E-state index in [0.717, 1.165) is 0 Å². The molecule has 0 radical (unpaired) electrons. The molecule has 0 atom stereocenters. The third-order valence-corrected chi connectivity index (χ3v) is 1.71. The summed E-state index contributed by atoms with van der Waals surface area (Å²) in [4.78, 5) is 22.1. The maximum absolute atomic E-state index is 11.3. The number of carbonyl (C=O) groups excluding carboxylic acids is 1. The molecule has 1 heterocycles. The van der Waals surface area contributed by atoms with Gasteiger partial charge < -0.3 is 9.67 Å². The summed E-state index contributed by atoms with van der Waals surface area (Å²) < 4.78 is 1.38. The van der Waals surface area contributed by atoms with Crippen molar-refractivity contribution in [1.82, 2.24) is 15.0 Å². The predicted molar refractivity (Wildman–Crippen MR) is 53.2 cm³/mol. The van der Waals surface area contributed by atoms with Crippen LogP contribution in [0.1, 0.15) is 10.5 Å². The van der Waals surface area contributed by atoms with E-state index in [-0.39, 0.29) is 18.1 Å². The van der Waals surface area contributed by atoms with Gasteiger partial charge in [0.2, 0.25) is 0 Å². The van der Waals surface area contributed by atoms with Crippen molar-refractivity contribution in [3.05, 3.63) is 24.0 Å². The second kappa shape index (κ2) is 4.61. The first-order valence-electron chi connectivity index (χ1n) is 4.36. The lowest BCUT2D eigenvalue weighted by Crippen LogP contribution is -2.38. The molecule has 1 aromatic rings. The van der Waals surface area contributed by atoms with Gasteiger partial charge in [0.05, 0.1) is 0 Å². The van der Waals surface area contributed by atoms with Crippen LogP contribution in [0.15, 0.2) is 18.3 Å². The molecular formula is C9H13N3O3. The lowest BCUT2D eigenvalue weighted by Gasteiger charge is -2.12. The number of nitrogens with one attached hydrogen (secondary N) is 1. The Labute approximate surface area is 87.1 Å². The van der Waals surface area contributed by atoms with Crippen LogP contribution in [0.3, 0.4) is 0 Å². The van der Waals surface area contributed by atoms with Gasteiger partial charge in [-0.15, -0.1) is 0 Å². The van der Waals surface area contributed by atoms with Crippen molar-refractivity contribution in [2.24, 2.45) is 0 Å². The Morgan fingerprint density at radius 2 is 2.20 bits per heavy atom. The zero-order valence-corrected chi connectivity index (χ0v) is 8.60. The average molecular weight is 211 g/mol. The summed E-state index contributed by atoms with van der Waals surface area (Å²) in [5.74, 6) is -1.31. The van der Waals surface area contributed by atoms with E-state index in [9.17, 15) is 9.59 Å². The number of aromatic carboxylic acids is 1. The van der Waals surface area contributed by atoms with E-state index in [0.29, 0.717) is 0 Å². The van der Waals surface area contributed by atoms with Crippen molar-refractivity contribution in [3.8, 4) is 0 Å². The standard InChI is InChI=1S/C9H13N3O3/c1-11(2)10-8(13)6-12-5-3-4-7(12)9(14)15/h3-5H,6H2,1-2H3,(H,10,13)(H,14,15). The number of nitrogens with zero attached hydrogens (tertiary/aromatic N) is 2. The van der Waals surface area contributed by atoms with Gasteiger partial charge in [-0.1, -0.05) is 0 Å². The maximum atomic E-state index is 11.3. The van der Waals surface area contributed by atoms with E-state index in [1.807, 2.05) is 0 Å². The first kappa shape index (κ1) is 11.3. The van der Waals surface area contributed by atoms with Gasteiger partial charge in [0.15, 0.2) is 0 Å². The lowest BCUT2D eigenvalue weighted by molar-refractivity contribution is -0.125. The number of amides is 1. The molecule has 6 nitrogen and oxygen atoms in total. The van der Waals surface area contributed by atoms with Crippen molar-refractivity contribution in [3.63, 3.8) is 0 Å². The summed E-state index contributed by atoms with van der Waals surface area (Å²) in [6.45, 7) is -0.00713. The molecule has 15 heavy (non-hydrogen) atoms. The Morgan fingerprint density at radius 3 is 2.73 bits per heavy atom. The van der Waals surface area contributed by atoms with E-state index < -0.39 is 5.97 Å².